The molecule has 6 nitrogen and oxygen atoms in total. The smallest absolute Gasteiger partial charge is 0.277 e. The molecule has 2 N–H and O–H groups in total. The van der Waals surface area contributed by atoms with Crippen LogP contribution < -0.4 is 10.9 Å². The molecule has 0 radical (unpaired) electrons. The standard InChI is InChI=1S/C19H16N4O2/c24-18(21-17-10-14(17)12-4-2-1-3-5-12)15-11-16(22-23-19(15)25)13-6-8-20-9-7-13/h1-9,11,14,17H,10H2,(H,21,24)(H,23,25)/t14-,17+/m1/s1. The Morgan fingerprint density at radius 3 is 2.64 bits per heavy atom. The fourth-order valence-corrected chi connectivity index (χ4v) is 2.91. The van der Waals surface area contributed by atoms with Crippen molar-refractivity contribution in [1.82, 2.24) is 20.5 Å². The lowest BCUT2D eigenvalue weighted by atomic mass is 10.1. The number of hydrogen-bond donors (Lipinski definition) is 2. The van der Waals surface area contributed by atoms with Gasteiger partial charge < -0.3 is 5.32 Å². The Hall–Kier alpha value is -3.28. The van der Waals surface area contributed by atoms with E-state index in [0.29, 0.717) is 11.6 Å². The summed E-state index contributed by atoms with van der Waals surface area (Å²) < 4.78 is 0. The van der Waals surface area contributed by atoms with Gasteiger partial charge in [-0.15, -0.1) is 0 Å². The van der Waals surface area contributed by atoms with E-state index in [1.807, 2.05) is 18.2 Å². The Labute approximate surface area is 143 Å². The van der Waals surface area contributed by atoms with Crippen molar-refractivity contribution < 1.29 is 4.79 Å². The molecule has 2 aromatic heterocycles. The Morgan fingerprint density at radius 2 is 1.88 bits per heavy atom. The van der Waals surface area contributed by atoms with Gasteiger partial charge >= 0.3 is 0 Å². The largest absolute Gasteiger partial charge is 0.348 e. The van der Waals surface area contributed by atoms with Crippen LogP contribution in [0.2, 0.25) is 0 Å². The fraction of sp³-hybridized carbons (Fsp3) is 0.158. The summed E-state index contributed by atoms with van der Waals surface area (Å²) in [6, 6.07) is 15.2. The molecule has 1 fully saturated rings. The van der Waals surface area contributed by atoms with Crippen molar-refractivity contribution in [3.05, 3.63) is 82.4 Å². The van der Waals surface area contributed by atoms with Crippen LogP contribution in [-0.2, 0) is 0 Å². The van der Waals surface area contributed by atoms with E-state index in [2.05, 4.69) is 32.6 Å². The van der Waals surface area contributed by atoms with E-state index in [4.69, 9.17) is 0 Å². The first-order valence-electron chi connectivity index (χ1n) is 8.08. The Morgan fingerprint density at radius 1 is 1.12 bits per heavy atom. The second-order valence-corrected chi connectivity index (χ2v) is 6.06. The number of H-pyrrole nitrogens is 1. The molecule has 2 heterocycles. The molecule has 1 aliphatic carbocycles. The first-order valence-corrected chi connectivity index (χ1v) is 8.08. The number of aromatic amines is 1. The average Bonchev–Trinajstić information content (AvgIpc) is 3.42. The monoisotopic (exact) mass is 332 g/mol. The molecule has 124 valence electrons. The molecule has 0 aliphatic heterocycles. The van der Waals surface area contributed by atoms with Crippen LogP contribution in [0, 0.1) is 0 Å². The van der Waals surface area contributed by atoms with Gasteiger partial charge in [-0.25, -0.2) is 5.10 Å². The van der Waals surface area contributed by atoms with E-state index in [-0.39, 0.29) is 17.5 Å². The van der Waals surface area contributed by atoms with Gasteiger partial charge in [0.25, 0.3) is 11.5 Å². The van der Waals surface area contributed by atoms with Crippen LogP contribution >= 0.6 is 0 Å². The van der Waals surface area contributed by atoms with Gasteiger partial charge in [-0.3, -0.25) is 14.6 Å². The zero-order valence-electron chi connectivity index (χ0n) is 13.3. The number of rotatable bonds is 4. The van der Waals surface area contributed by atoms with Gasteiger partial charge in [0.2, 0.25) is 0 Å². The normalized spacial score (nSPS) is 18.6. The van der Waals surface area contributed by atoms with E-state index in [1.165, 1.54) is 11.6 Å². The highest BCUT2D eigenvalue weighted by Gasteiger charge is 2.39. The third-order valence-electron chi connectivity index (χ3n) is 4.36. The summed E-state index contributed by atoms with van der Waals surface area (Å²) >= 11 is 0. The lowest BCUT2D eigenvalue weighted by molar-refractivity contribution is 0.0948. The van der Waals surface area contributed by atoms with E-state index in [0.717, 1.165) is 12.0 Å². The molecule has 0 bridgehead atoms. The fourth-order valence-electron chi connectivity index (χ4n) is 2.91. The van der Waals surface area contributed by atoms with Crippen LogP contribution in [0.5, 0.6) is 0 Å². The summed E-state index contributed by atoms with van der Waals surface area (Å²) in [5, 5.41) is 9.34. The van der Waals surface area contributed by atoms with Crippen LogP contribution in [0.4, 0.5) is 0 Å². The number of pyridine rings is 1. The highest BCUT2D eigenvalue weighted by Crippen LogP contribution is 2.40. The number of nitrogens with one attached hydrogen (secondary N) is 2. The summed E-state index contributed by atoms with van der Waals surface area (Å²) in [6.45, 7) is 0. The number of nitrogens with zero attached hydrogens (tertiary/aromatic N) is 2. The summed E-state index contributed by atoms with van der Waals surface area (Å²) in [4.78, 5) is 28.5. The lowest BCUT2D eigenvalue weighted by Crippen LogP contribution is -2.32. The van der Waals surface area contributed by atoms with E-state index in [1.54, 1.807) is 24.5 Å². The Balaban J connectivity index is 1.52. The molecule has 25 heavy (non-hydrogen) atoms. The van der Waals surface area contributed by atoms with Crippen molar-refractivity contribution in [2.45, 2.75) is 18.4 Å². The first kappa shape index (κ1) is 15.3. The minimum atomic E-state index is -0.493. The molecule has 6 heteroatoms. The molecular weight excluding hydrogens is 316 g/mol. The predicted octanol–water partition coefficient (Wildman–Crippen LogP) is 2.12. The zero-order chi connectivity index (χ0) is 17.2. The van der Waals surface area contributed by atoms with Crippen LogP contribution in [0.1, 0.15) is 28.3 Å². The second kappa shape index (κ2) is 6.32. The Bertz CT molecular complexity index is 954. The predicted molar refractivity (Wildman–Crippen MR) is 93.1 cm³/mol. The van der Waals surface area contributed by atoms with Crippen molar-refractivity contribution >= 4 is 5.91 Å². The quantitative estimate of drug-likeness (QED) is 0.766. The molecule has 1 amide bonds. The molecule has 1 aliphatic rings. The number of benzene rings is 1. The molecule has 1 aromatic carbocycles. The van der Waals surface area contributed by atoms with Gasteiger partial charge in [-0.2, -0.15) is 5.10 Å². The molecule has 0 unspecified atom stereocenters. The number of amides is 1. The molecule has 0 saturated heterocycles. The number of hydrogen-bond acceptors (Lipinski definition) is 4. The summed E-state index contributed by atoms with van der Waals surface area (Å²) in [7, 11) is 0. The Kier molecular flexibility index (Phi) is 3.85. The van der Waals surface area contributed by atoms with Crippen LogP contribution in [0.25, 0.3) is 11.3 Å². The van der Waals surface area contributed by atoms with Crippen molar-refractivity contribution in [2.75, 3.05) is 0 Å². The molecule has 3 aromatic rings. The minimum Gasteiger partial charge on any atom is -0.348 e. The average molecular weight is 332 g/mol. The molecular formula is C19H16N4O2. The lowest BCUT2D eigenvalue weighted by Gasteiger charge is -2.06. The molecule has 4 rings (SSSR count). The first-order chi connectivity index (χ1) is 12.2. The SMILES string of the molecule is O=C(N[C@H]1C[C@@H]1c1ccccc1)c1cc(-c2ccncc2)n[nH]c1=O. The van der Waals surface area contributed by atoms with Crippen molar-refractivity contribution in [2.24, 2.45) is 0 Å². The molecule has 1 saturated carbocycles. The van der Waals surface area contributed by atoms with Gasteiger partial charge in [-0.1, -0.05) is 30.3 Å². The zero-order valence-corrected chi connectivity index (χ0v) is 13.3. The third kappa shape index (κ3) is 3.19. The maximum absolute atomic E-state index is 12.5. The van der Waals surface area contributed by atoms with Crippen LogP contribution in [0.3, 0.4) is 0 Å². The molecule has 0 spiro atoms. The van der Waals surface area contributed by atoms with Crippen LogP contribution in [-0.4, -0.2) is 27.1 Å². The van der Waals surface area contributed by atoms with Crippen molar-refractivity contribution in [3.63, 3.8) is 0 Å². The maximum atomic E-state index is 12.5. The number of carbonyl (C=O) groups is 1. The number of carbonyl (C=O) groups excluding carboxylic acids is 1. The van der Waals surface area contributed by atoms with Crippen molar-refractivity contribution in [1.29, 1.82) is 0 Å². The van der Waals surface area contributed by atoms with Gasteiger partial charge in [-0.05, 0) is 30.2 Å². The van der Waals surface area contributed by atoms with Crippen molar-refractivity contribution in [3.8, 4) is 11.3 Å². The summed E-state index contributed by atoms with van der Waals surface area (Å²) in [6.07, 6.45) is 4.16. The van der Waals surface area contributed by atoms with Gasteiger partial charge in [0, 0.05) is 29.9 Å². The van der Waals surface area contributed by atoms with Gasteiger partial charge in [0.15, 0.2) is 0 Å². The second-order valence-electron chi connectivity index (χ2n) is 6.06. The van der Waals surface area contributed by atoms with E-state index >= 15 is 0 Å². The third-order valence-corrected chi connectivity index (χ3v) is 4.36. The maximum Gasteiger partial charge on any atom is 0.277 e. The van der Waals surface area contributed by atoms with E-state index < -0.39 is 5.56 Å². The minimum absolute atomic E-state index is 0.0619. The van der Waals surface area contributed by atoms with Gasteiger partial charge in [0.05, 0.1) is 5.69 Å². The summed E-state index contributed by atoms with van der Waals surface area (Å²) in [5.41, 5.74) is 2.10. The topological polar surface area (TPSA) is 87.7 Å². The van der Waals surface area contributed by atoms with E-state index in [9.17, 15) is 9.59 Å². The highest BCUT2D eigenvalue weighted by atomic mass is 16.2. The number of aromatic nitrogens is 3. The van der Waals surface area contributed by atoms with Crippen LogP contribution in [0.15, 0.2) is 65.7 Å². The molecule has 2 atom stereocenters. The summed E-state index contributed by atoms with van der Waals surface area (Å²) in [5.74, 6) is -0.0619. The highest BCUT2D eigenvalue weighted by molar-refractivity contribution is 5.95. The van der Waals surface area contributed by atoms with Gasteiger partial charge in [0.1, 0.15) is 5.56 Å².